The average Bonchev–Trinajstić information content (AvgIpc) is 2.13. The van der Waals surface area contributed by atoms with Crippen LogP contribution in [0.15, 0.2) is 0 Å². The Bertz CT molecular complexity index is 398. The molecule has 0 aromatic rings. The van der Waals surface area contributed by atoms with Crippen molar-refractivity contribution in [1.29, 1.82) is 0 Å². The van der Waals surface area contributed by atoms with Crippen molar-refractivity contribution < 1.29 is 19.5 Å². The lowest BCUT2D eigenvalue weighted by Gasteiger charge is -2.54. The second-order valence-corrected chi connectivity index (χ2v) is 6.28. The van der Waals surface area contributed by atoms with Gasteiger partial charge in [0, 0.05) is 22.2 Å². The van der Waals surface area contributed by atoms with E-state index in [-0.39, 0.29) is 24.7 Å². The van der Waals surface area contributed by atoms with Crippen molar-refractivity contribution in [1.82, 2.24) is 5.32 Å². The highest BCUT2D eigenvalue weighted by molar-refractivity contribution is 6.04. The molecule has 17 heavy (non-hydrogen) atoms. The van der Waals surface area contributed by atoms with Crippen molar-refractivity contribution in [3.05, 3.63) is 0 Å². The van der Waals surface area contributed by atoms with E-state index >= 15 is 0 Å². The van der Waals surface area contributed by atoms with Crippen LogP contribution in [0.1, 0.15) is 40.0 Å². The maximum absolute atomic E-state index is 11.8. The fourth-order valence-corrected chi connectivity index (χ4v) is 3.64. The highest BCUT2D eigenvalue weighted by atomic mass is 16.4. The van der Waals surface area contributed by atoms with E-state index in [1.807, 2.05) is 0 Å². The van der Waals surface area contributed by atoms with Crippen molar-refractivity contribution in [3.63, 3.8) is 0 Å². The van der Waals surface area contributed by atoms with E-state index in [9.17, 15) is 19.5 Å². The Morgan fingerprint density at radius 2 is 1.47 bits per heavy atom. The first-order valence-corrected chi connectivity index (χ1v) is 5.69. The van der Waals surface area contributed by atoms with E-state index in [4.69, 9.17) is 0 Å². The number of nitrogens with one attached hydrogen (secondary N) is 1. The lowest BCUT2D eigenvalue weighted by atomic mass is 9.52. The minimum atomic E-state index is -1.18. The summed E-state index contributed by atoms with van der Waals surface area (Å²) in [6.45, 7) is 4.99. The summed E-state index contributed by atoms with van der Waals surface area (Å²) in [5.41, 5.74) is -2.71. The summed E-state index contributed by atoms with van der Waals surface area (Å²) in [7, 11) is 0. The van der Waals surface area contributed by atoms with E-state index < -0.39 is 22.2 Å². The maximum Gasteiger partial charge on any atom is 0.232 e. The van der Waals surface area contributed by atoms with E-state index in [0.29, 0.717) is 6.42 Å². The number of hydrogen-bond acceptors (Lipinski definition) is 4. The first-order chi connectivity index (χ1) is 7.61. The van der Waals surface area contributed by atoms with Gasteiger partial charge in [-0.3, -0.25) is 14.9 Å². The molecule has 3 atom stereocenters. The lowest BCUT2D eigenvalue weighted by Crippen LogP contribution is -2.64. The van der Waals surface area contributed by atoms with Crippen molar-refractivity contribution in [2.45, 2.75) is 40.0 Å². The van der Waals surface area contributed by atoms with Crippen molar-refractivity contribution in [2.75, 3.05) is 0 Å². The van der Waals surface area contributed by atoms with Crippen LogP contribution in [0, 0.1) is 16.2 Å². The minimum Gasteiger partial charge on any atom is -0.550 e. The zero-order valence-electron chi connectivity index (χ0n) is 10.3. The van der Waals surface area contributed by atoms with Crippen LogP contribution < -0.4 is 10.4 Å². The zero-order valence-corrected chi connectivity index (χ0v) is 10.3. The number of imide groups is 1. The number of rotatable bonds is 1. The SMILES string of the molecule is CC1(C(=O)[O-])C[C@@]2(C)C[C@@](C)(C1)C(=O)NC2=O. The molecule has 1 aliphatic heterocycles. The summed E-state index contributed by atoms with van der Waals surface area (Å²) < 4.78 is 0. The van der Waals surface area contributed by atoms with Gasteiger partial charge in [0.1, 0.15) is 0 Å². The standard InChI is InChI=1S/C12H17NO4/c1-10-4-11(2,8(15)13-7(10)14)6-12(3,5-10)9(16)17/h4-6H2,1-3H3,(H,16,17)(H,13,14,15)/p-1/t10-,11+,12?. The predicted molar refractivity (Wildman–Crippen MR) is 56.3 cm³/mol. The highest BCUT2D eigenvalue weighted by Gasteiger charge is 2.59. The van der Waals surface area contributed by atoms with Crippen LogP contribution in [0.2, 0.25) is 0 Å². The molecule has 5 nitrogen and oxygen atoms in total. The molecule has 0 spiro atoms. The van der Waals surface area contributed by atoms with Gasteiger partial charge in [-0.15, -0.1) is 0 Å². The Hall–Kier alpha value is -1.39. The topological polar surface area (TPSA) is 86.3 Å². The molecule has 5 heteroatoms. The first-order valence-electron chi connectivity index (χ1n) is 5.69. The van der Waals surface area contributed by atoms with Gasteiger partial charge in [-0.1, -0.05) is 20.8 Å². The number of carboxylic acid groups (broad SMARTS) is 1. The van der Waals surface area contributed by atoms with Crippen LogP contribution in [-0.2, 0) is 14.4 Å². The smallest absolute Gasteiger partial charge is 0.232 e. The van der Waals surface area contributed by atoms with Crippen LogP contribution in [0.5, 0.6) is 0 Å². The monoisotopic (exact) mass is 238 g/mol. The number of carbonyl (C=O) groups excluding carboxylic acids is 3. The highest BCUT2D eigenvalue weighted by Crippen LogP contribution is 2.56. The van der Waals surface area contributed by atoms with E-state index in [1.165, 1.54) is 0 Å². The molecule has 0 aromatic heterocycles. The van der Waals surface area contributed by atoms with Crippen LogP contribution >= 0.6 is 0 Å². The van der Waals surface area contributed by atoms with Crippen molar-refractivity contribution in [2.24, 2.45) is 16.2 Å². The van der Waals surface area contributed by atoms with Gasteiger partial charge >= 0.3 is 0 Å². The molecule has 1 saturated heterocycles. The summed E-state index contributed by atoms with van der Waals surface area (Å²) in [6, 6.07) is 0. The number of piperidine rings is 1. The summed E-state index contributed by atoms with van der Waals surface area (Å²) >= 11 is 0. The van der Waals surface area contributed by atoms with Crippen LogP contribution in [0.25, 0.3) is 0 Å². The first kappa shape index (κ1) is 12.1. The summed E-state index contributed by atoms with van der Waals surface area (Å²) in [5.74, 6) is -1.92. The lowest BCUT2D eigenvalue weighted by molar-refractivity contribution is -0.322. The molecule has 1 heterocycles. The fourth-order valence-electron chi connectivity index (χ4n) is 3.64. The van der Waals surface area contributed by atoms with Gasteiger partial charge in [0.2, 0.25) is 11.8 Å². The maximum atomic E-state index is 11.8. The summed E-state index contributed by atoms with van der Waals surface area (Å²) in [4.78, 5) is 34.9. The normalized spacial score (nSPS) is 45.4. The molecule has 0 aromatic carbocycles. The average molecular weight is 238 g/mol. The number of carboxylic acids is 1. The van der Waals surface area contributed by atoms with Gasteiger partial charge < -0.3 is 9.90 Å². The predicted octanol–water partition coefficient (Wildman–Crippen LogP) is -0.405. The van der Waals surface area contributed by atoms with E-state index in [1.54, 1.807) is 20.8 Å². The van der Waals surface area contributed by atoms with Crippen LogP contribution in [0.3, 0.4) is 0 Å². The Balaban J connectivity index is 2.48. The Morgan fingerprint density at radius 1 is 1.06 bits per heavy atom. The quantitative estimate of drug-likeness (QED) is 0.629. The number of carbonyl (C=O) groups is 3. The molecule has 1 aliphatic carbocycles. The van der Waals surface area contributed by atoms with Crippen molar-refractivity contribution >= 4 is 17.8 Å². The molecule has 2 amide bonds. The van der Waals surface area contributed by atoms with E-state index in [0.717, 1.165) is 0 Å². The number of hydrogen-bond donors (Lipinski definition) is 1. The molecule has 2 aliphatic rings. The number of amides is 2. The van der Waals surface area contributed by atoms with Crippen LogP contribution in [0.4, 0.5) is 0 Å². The Labute approximate surface area is 99.6 Å². The molecule has 94 valence electrons. The largest absolute Gasteiger partial charge is 0.550 e. The van der Waals surface area contributed by atoms with Gasteiger partial charge in [0.25, 0.3) is 0 Å². The third-order valence-electron chi connectivity index (χ3n) is 4.16. The molecule has 2 bridgehead atoms. The van der Waals surface area contributed by atoms with Gasteiger partial charge in [-0.2, -0.15) is 0 Å². The van der Waals surface area contributed by atoms with E-state index in [2.05, 4.69) is 5.32 Å². The fraction of sp³-hybridized carbons (Fsp3) is 0.750. The molecule has 2 rings (SSSR count). The molecule has 1 saturated carbocycles. The molecular formula is C12H16NO4-. The third-order valence-corrected chi connectivity index (χ3v) is 4.16. The Kier molecular flexibility index (Phi) is 2.19. The second kappa shape index (κ2) is 3.09. The third kappa shape index (κ3) is 1.56. The van der Waals surface area contributed by atoms with Crippen molar-refractivity contribution in [3.8, 4) is 0 Å². The molecule has 1 unspecified atom stereocenters. The molecule has 0 radical (unpaired) electrons. The van der Waals surface area contributed by atoms with Gasteiger partial charge in [-0.25, -0.2) is 0 Å². The number of fused-ring (bicyclic) bond motifs is 2. The van der Waals surface area contributed by atoms with Gasteiger partial charge in [0.15, 0.2) is 0 Å². The minimum absolute atomic E-state index is 0.219. The zero-order chi connectivity index (χ0) is 13.1. The molecular weight excluding hydrogens is 222 g/mol. The summed E-state index contributed by atoms with van der Waals surface area (Å²) in [5, 5.41) is 13.6. The molecule has 2 fully saturated rings. The Morgan fingerprint density at radius 3 is 1.82 bits per heavy atom. The second-order valence-electron chi connectivity index (χ2n) is 6.28. The summed E-state index contributed by atoms with van der Waals surface area (Å²) in [6.07, 6.45) is 0.849. The number of aliphatic carboxylic acids is 1. The molecule has 1 N–H and O–H groups in total. The van der Waals surface area contributed by atoms with Gasteiger partial charge in [0.05, 0.1) is 0 Å². The van der Waals surface area contributed by atoms with Gasteiger partial charge in [-0.05, 0) is 19.3 Å². The van der Waals surface area contributed by atoms with Crippen LogP contribution in [-0.4, -0.2) is 17.8 Å².